The molecule has 0 aromatic heterocycles. The number of hydrogen-bond donors (Lipinski definition) is 1. The lowest BCUT2D eigenvalue weighted by Gasteiger charge is -2.31. The summed E-state index contributed by atoms with van der Waals surface area (Å²) in [5.74, 6) is 2.07. The van der Waals surface area contributed by atoms with E-state index < -0.39 is 0 Å². The van der Waals surface area contributed by atoms with Gasteiger partial charge in [0.15, 0.2) is 0 Å². The van der Waals surface area contributed by atoms with Gasteiger partial charge in [-0.25, -0.2) is 0 Å². The Labute approximate surface area is 190 Å². The Morgan fingerprint density at radius 3 is 2.78 bits per heavy atom. The minimum Gasteiger partial charge on any atom is -0.496 e. The molecule has 1 heterocycles. The number of carbonyl (C=O) groups excluding carboxylic acids is 1. The molecule has 172 valence electrons. The first-order chi connectivity index (χ1) is 15.7. The van der Waals surface area contributed by atoms with Crippen molar-refractivity contribution >= 4 is 5.91 Å². The van der Waals surface area contributed by atoms with E-state index in [0.717, 1.165) is 61.6 Å². The molecule has 0 bridgehead atoms. The summed E-state index contributed by atoms with van der Waals surface area (Å²) in [5.41, 5.74) is 2.17. The van der Waals surface area contributed by atoms with Gasteiger partial charge in [0.1, 0.15) is 18.1 Å². The minimum atomic E-state index is 0.0199. The van der Waals surface area contributed by atoms with Gasteiger partial charge in [0.05, 0.1) is 7.11 Å². The summed E-state index contributed by atoms with van der Waals surface area (Å²) in [6.45, 7) is 3.74. The second-order valence-electron chi connectivity index (χ2n) is 8.73. The number of amides is 1. The number of hydrogen-bond acceptors (Lipinski definition) is 5. The lowest BCUT2D eigenvalue weighted by atomic mass is 10.1. The zero-order chi connectivity index (χ0) is 22.3. The van der Waals surface area contributed by atoms with Crippen LogP contribution in [0.25, 0.3) is 0 Å². The fraction of sp³-hybridized carbons (Fsp3) is 0.500. The van der Waals surface area contributed by atoms with Crippen molar-refractivity contribution in [3.05, 3.63) is 59.7 Å². The van der Waals surface area contributed by atoms with Crippen molar-refractivity contribution in [3.63, 3.8) is 0 Å². The van der Waals surface area contributed by atoms with Crippen LogP contribution in [0.5, 0.6) is 11.5 Å². The maximum atomic E-state index is 12.6. The van der Waals surface area contributed by atoms with Gasteiger partial charge in [-0.15, -0.1) is 0 Å². The number of ether oxygens (including phenoxy) is 3. The van der Waals surface area contributed by atoms with Crippen molar-refractivity contribution in [2.24, 2.45) is 5.92 Å². The van der Waals surface area contributed by atoms with Gasteiger partial charge in [-0.2, -0.15) is 0 Å². The Hall–Kier alpha value is -2.57. The van der Waals surface area contributed by atoms with Gasteiger partial charge in [-0.1, -0.05) is 30.3 Å². The second kappa shape index (κ2) is 10.8. The number of nitrogens with one attached hydrogen (secondary N) is 1. The number of para-hydroxylation sites is 1. The lowest BCUT2D eigenvalue weighted by Crippen LogP contribution is -2.38. The third-order valence-corrected chi connectivity index (χ3v) is 6.56. The maximum Gasteiger partial charge on any atom is 0.224 e. The summed E-state index contributed by atoms with van der Waals surface area (Å²) in [7, 11) is 3.83. The molecule has 1 saturated carbocycles. The molecule has 2 unspecified atom stereocenters. The van der Waals surface area contributed by atoms with Crippen LogP contribution in [0.4, 0.5) is 0 Å². The quantitative estimate of drug-likeness (QED) is 0.614. The first-order valence-electron chi connectivity index (χ1n) is 11.6. The number of carbonyl (C=O) groups is 1. The molecule has 6 heteroatoms. The fourth-order valence-electron chi connectivity index (χ4n) is 4.48. The van der Waals surface area contributed by atoms with Crippen LogP contribution in [0, 0.1) is 5.92 Å². The van der Waals surface area contributed by atoms with Gasteiger partial charge in [0.25, 0.3) is 0 Å². The molecule has 6 nitrogen and oxygen atoms in total. The van der Waals surface area contributed by atoms with Gasteiger partial charge < -0.3 is 19.5 Å². The van der Waals surface area contributed by atoms with E-state index in [1.807, 2.05) is 42.5 Å². The summed E-state index contributed by atoms with van der Waals surface area (Å²) < 4.78 is 16.9. The summed E-state index contributed by atoms with van der Waals surface area (Å²) in [5, 5.41) is 3.09. The van der Waals surface area contributed by atoms with Crippen molar-refractivity contribution in [1.82, 2.24) is 10.2 Å². The van der Waals surface area contributed by atoms with E-state index in [1.165, 1.54) is 0 Å². The smallest absolute Gasteiger partial charge is 0.224 e. The van der Waals surface area contributed by atoms with Crippen LogP contribution in [0.3, 0.4) is 0 Å². The zero-order valence-corrected chi connectivity index (χ0v) is 19.1. The molecule has 0 radical (unpaired) electrons. The third kappa shape index (κ3) is 5.81. The van der Waals surface area contributed by atoms with Gasteiger partial charge in [0, 0.05) is 38.3 Å². The van der Waals surface area contributed by atoms with Crippen molar-refractivity contribution < 1.29 is 19.0 Å². The molecular weight excluding hydrogens is 404 g/mol. The van der Waals surface area contributed by atoms with Crippen molar-refractivity contribution in [2.45, 2.75) is 37.8 Å². The first kappa shape index (κ1) is 22.6. The highest BCUT2D eigenvalue weighted by atomic mass is 16.5. The van der Waals surface area contributed by atoms with Crippen LogP contribution in [0.15, 0.2) is 48.5 Å². The molecule has 2 fully saturated rings. The van der Waals surface area contributed by atoms with Gasteiger partial charge in [-0.05, 0) is 61.6 Å². The fourth-order valence-corrected chi connectivity index (χ4v) is 4.48. The van der Waals surface area contributed by atoms with Crippen LogP contribution in [0.1, 0.15) is 36.3 Å². The molecule has 1 N–H and O–H groups in total. The van der Waals surface area contributed by atoms with E-state index in [0.29, 0.717) is 19.2 Å². The Kier molecular flexibility index (Phi) is 7.66. The molecule has 4 rings (SSSR count). The van der Waals surface area contributed by atoms with Crippen LogP contribution >= 0.6 is 0 Å². The predicted octanol–water partition coefficient (Wildman–Crippen LogP) is 3.60. The van der Waals surface area contributed by atoms with E-state index in [-0.39, 0.29) is 17.7 Å². The maximum absolute atomic E-state index is 12.6. The molecular formula is C26H34N2O4. The van der Waals surface area contributed by atoms with Crippen LogP contribution < -0.4 is 14.8 Å². The van der Waals surface area contributed by atoms with E-state index in [9.17, 15) is 4.79 Å². The average molecular weight is 439 g/mol. The Balaban J connectivity index is 1.21. The molecule has 1 saturated heterocycles. The summed E-state index contributed by atoms with van der Waals surface area (Å²) in [4.78, 5) is 15.0. The molecule has 2 atom stereocenters. The number of rotatable bonds is 10. The Morgan fingerprint density at radius 2 is 1.97 bits per heavy atom. The minimum absolute atomic E-state index is 0.0199. The van der Waals surface area contributed by atoms with Crippen molar-refractivity contribution in [3.8, 4) is 11.5 Å². The van der Waals surface area contributed by atoms with E-state index in [2.05, 4.69) is 23.3 Å². The van der Waals surface area contributed by atoms with Gasteiger partial charge >= 0.3 is 0 Å². The Bertz CT molecular complexity index is 897. The lowest BCUT2D eigenvalue weighted by molar-refractivity contribution is -0.122. The van der Waals surface area contributed by atoms with Crippen LogP contribution in [-0.2, 0) is 16.1 Å². The summed E-state index contributed by atoms with van der Waals surface area (Å²) >= 11 is 0. The molecule has 1 aliphatic carbocycles. The number of nitrogens with zero attached hydrogens (tertiary/aromatic N) is 1. The number of methoxy groups -OCH3 is 1. The van der Waals surface area contributed by atoms with Crippen molar-refractivity contribution in [2.75, 3.05) is 40.5 Å². The van der Waals surface area contributed by atoms with Crippen LogP contribution in [0.2, 0.25) is 0 Å². The second-order valence-corrected chi connectivity index (χ2v) is 8.73. The van der Waals surface area contributed by atoms with Gasteiger partial charge in [-0.3, -0.25) is 9.69 Å². The predicted molar refractivity (Wildman–Crippen MR) is 124 cm³/mol. The van der Waals surface area contributed by atoms with E-state index >= 15 is 0 Å². The standard InChI is InChI=1S/C26H34N2O4/c1-28(20-10-13-31-14-11-20)12-15-32-21-7-5-6-19(16-21)18-27-26(29)24-17-23(24)22-8-3-4-9-25(22)30-2/h3-9,16,20,23-24H,10-15,17-18H2,1-2H3,(H,27,29). The molecule has 32 heavy (non-hydrogen) atoms. The van der Waals surface area contributed by atoms with E-state index in [1.54, 1.807) is 7.11 Å². The monoisotopic (exact) mass is 438 g/mol. The highest BCUT2D eigenvalue weighted by molar-refractivity contribution is 5.83. The third-order valence-electron chi connectivity index (χ3n) is 6.56. The first-order valence-corrected chi connectivity index (χ1v) is 11.6. The normalized spacial score (nSPS) is 20.7. The topological polar surface area (TPSA) is 60.0 Å². The highest BCUT2D eigenvalue weighted by Crippen LogP contribution is 2.50. The molecule has 0 spiro atoms. The molecule has 2 aliphatic rings. The molecule has 2 aromatic rings. The highest BCUT2D eigenvalue weighted by Gasteiger charge is 2.45. The summed E-state index contributed by atoms with van der Waals surface area (Å²) in [6, 6.07) is 16.5. The van der Waals surface area contributed by atoms with Gasteiger partial charge in [0.2, 0.25) is 5.91 Å². The SMILES string of the molecule is COc1ccccc1C1CC1C(=O)NCc1cccc(OCCN(C)C2CCOCC2)c1. The molecule has 1 amide bonds. The van der Waals surface area contributed by atoms with Crippen molar-refractivity contribution in [1.29, 1.82) is 0 Å². The molecule has 2 aromatic carbocycles. The number of likely N-dealkylation sites (N-methyl/N-ethyl adjacent to an activating group) is 1. The molecule has 1 aliphatic heterocycles. The Morgan fingerprint density at radius 1 is 1.16 bits per heavy atom. The van der Waals surface area contributed by atoms with E-state index in [4.69, 9.17) is 14.2 Å². The average Bonchev–Trinajstić information content (AvgIpc) is 3.64. The zero-order valence-electron chi connectivity index (χ0n) is 19.1. The largest absolute Gasteiger partial charge is 0.496 e. The number of benzene rings is 2. The van der Waals surface area contributed by atoms with Crippen LogP contribution in [-0.4, -0.2) is 57.4 Å². The summed E-state index contributed by atoms with van der Waals surface area (Å²) in [6.07, 6.45) is 3.05.